The summed E-state index contributed by atoms with van der Waals surface area (Å²) in [7, 11) is 0. The summed E-state index contributed by atoms with van der Waals surface area (Å²) in [5, 5.41) is 3.56. The Morgan fingerprint density at radius 1 is 1.46 bits per heavy atom. The van der Waals surface area contributed by atoms with Gasteiger partial charge in [-0.05, 0) is 43.4 Å². The zero-order valence-corrected chi connectivity index (χ0v) is 8.73. The van der Waals surface area contributed by atoms with E-state index in [1.54, 1.807) is 0 Å². The van der Waals surface area contributed by atoms with Gasteiger partial charge in [0.15, 0.2) is 0 Å². The highest BCUT2D eigenvalue weighted by atomic mass is 14.9. The van der Waals surface area contributed by atoms with Crippen molar-refractivity contribution in [3.05, 3.63) is 12.2 Å². The van der Waals surface area contributed by atoms with Crippen molar-refractivity contribution in [3.63, 3.8) is 0 Å². The molecule has 0 aromatic rings. The molecular weight excluding hydrogens is 158 g/mol. The van der Waals surface area contributed by atoms with Gasteiger partial charge < -0.3 is 5.32 Å². The summed E-state index contributed by atoms with van der Waals surface area (Å²) in [6.07, 6.45) is 7.06. The summed E-state index contributed by atoms with van der Waals surface area (Å²) in [5.41, 5.74) is 2.08. The summed E-state index contributed by atoms with van der Waals surface area (Å²) in [5.74, 6) is 1.08. The molecule has 74 valence electrons. The van der Waals surface area contributed by atoms with E-state index in [0.29, 0.717) is 0 Å². The molecule has 0 aromatic carbocycles. The van der Waals surface area contributed by atoms with Crippen LogP contribution in [0.25, 0.3) is 0 Å². The van der Waals surface area contributed by atoms with Crippen LogP contribution in [0.4, 0.5) is 0 Å². The zero-order chi connectivity index (χ0) is 9.31. The van der Waals surface area contributed by atoms with Gasteiger partial charge in [0.05, 0.1) is 0 Å². The fourth-order valence-corrected chi connectivity index (χ4v) is 2.20. The van der Waals surface area contributed by atoms with Crippen LogP contribution in [0.15, 0.2) is 12.2 Å². The molecule has 0 heterocycles. The van der Waals surface area contributed by atoms with Crippen LogP contribution in [0.5, 0.6) is 0 Å². The maximum atomic E-state index is 4.01. The fraction of sp³-hybridized carbons (Fsp3) is 0.833. The first-order chi connectivity index (χ1) is 6.27. The molecule has 0 unspecified atom stereocenters. The third-order valence-corrected chi connectivity index (χ3v) is 3.69. The van der Waals surface area contributed by atoms with E-state index in [1.807, 2.05) is 0 Å². The van der Waals surface area contributed by atoms with Crippen LogP contribution < -0.4 is 5.32 Å². The molecule has 2 aliphatic rings. The minimum atomic E-state index is 0.744. The van der Waals surface area contributed by atoms with Gasteiger partial charge in [-0.15, -0.1) is 0 Å². The Labute approximate surface area is 81.6 Å². The quantitative estimate of drug-likeness (QED) is 0.618. The molecule has 2 rings (SSSR count). The first-order valence-corrected chi connectivity index (χ1v) is 5.64. The van der Waals surface area contributed by atoms with Crippen molar-refractivity contribution >= 4 is 0 Å². The fourth-order valence-electron chi connectivity index (χ4n) is 2.20. The Bertz CT molecular complexity index is 199. The lowest BCUT2D eigenvalue weighted by Gasteiger charge is -2.15. The molecule has 0 aliphatic heterocycles. The maximum absolute atomic E-state index is 4.01. The Hall–Kier alpha value is -0.300. The summed E-state index contributed by atoms with van der Waals surface area (Å²) >= 11 is 0. The van der Waals surface area contributed by atoms with Crippen LogP contribution >= 0.6 is 0 Å². The lowest BCUT2D eigenvalue weighted by atomic mass is 10.0. The highest BCUT2D eigenvalue weighted by molar-refractivity contribution is 5.06. The number of hydrogen-bond donors (Lipinski definition) is 1. The minimum Gasteiger partial charge on any atom is -0.312 e. The Balaban J connectivity index is 1.65. The van der Waals surface area contributed by atoms with Crippen molar-refractivity contribution in [1.82, 2.24) is 5.32 Å². The Morgan fingerprint density at radius 3 is 2.62 bits per heavy atom. The minimum absolute atomic E-state index is 0.744. The van der Waals surface area contributed by atoms with Crippen LogP contribution in [0.1, 0.15) is 39.0 Å². The zero-order valence-electron chi connectivity index (χ0n) is 8.73. The van der Waals surface area contributed by atoms with Crippen molar-refractivity contribution in [2.75, 3.05) is 13.1 Å². The normalized spacial score (nSPS) is 24.4. The van der Waals surface area contributed by atoms with Crippen molar-refractivity contribution in [1.29, 1.82) is 0 Å². The molecule has 0 aromatic heterocycles. The first kappa shape index (κ1) is 9.26. The second-order valence-corrected chi connectivity index (χ2v) is 4.84. The van der Waals surface area contributed by atoms with Crippen LogP contribution in [-0.4, -0.2) is 13.1 Å². The summed E-state index contributed by atoms with van der Waals surface area (Å²) in [4.78, 5) is 0. The van der Waals surface area contributed by atoms with Gasteiger partial charge >= 0.3 is 0 Å². The standard InChI is InChI=1S/C12H21N/c1-3-10(2)8-13-9-12(6-7-12)11-4-5-11/h11,13H,2-9H2,1H3. The van der Waals surface area contributed by atoms with Crippen molar-refractivity contribution in [2.45, 2.75) is 39.0 Å². The largest absolute Gasteiger partial charge is 0.312 e. The van der Waals surface area contributed by atoms with Gasteiger partial charge in [0.1, 0.15) is 0 Å². The average Bonchev–Trinajstić information content (AvgIpc) is 2.96. The van der Waals surface area contributed by atoms with Gasteiger partial charge in [0.2, 0.25) is 0 Å². The van der Waals surface area contributed by atoms with Crippen LogP contribution in [0.2, 0.25) is 0 Å². The van der Waals surface area contributed by atoms with E-state index in [9.17, 15) is 0 Å². The lowest BCUT2D eigenvalue weighted by Crippen LogP contribution is -2.26. The van der Waals surface area contributed by atoms with Crippen LogP contribution in [-0.2, 0) is 0 Å². The molecule has 1 heteroatoms. The molecule has 1 nitrogen and oxygen atoms in total. The third kappa shape index (κ3) is 2.14. The molecule has 0 amide bonds. The highest BCUT2D eigenvalue weighted by Gasteiger charge is 2.53. The van der Waals surface area contributed by atoms with Crippen molar-refractivity contribution in [2.24, 2.45) is 11.3 Å². The molecule has 0 spiro atoms. The third-order valence-electron chi connectivity index (χ3n) is 3.69. The molecule has 0 saturated heterocycles. The molecule has 0 bridgehead atoms. The van der Waals surface area contributed by atoms with Gasteiger partial charge in [0, 0.05) is 13.1 Å². The maximum Gasteiger partial charge on any atom is 0.0162 e. The van der Waals surface area contributed by atoms with Crippen LogP contribution in [0, 0.1) is 11.3 Å². The van der Waals surface area contributed by atoms with E-state index in [4.69, 9.17) is 0 Å². The van der Waals surface area contributed by atoms with E-state index in [-0.39, 0.29) is 0 Å². The topological polar surface area (TPSA) is 12.0 Å². The second kappa shape index (κ2) is 3.45. The molecule has 0 atom stereocenters. The van der Waals surface area contributed by atoms with Gasteiger partial charge in [-0.25, -0.2) is 0 Å². The number of nitrogens with one attached hydrogen (secondary N) is 1. The number of rotatable bonds is 6. The van der Waals surface area contributed by atoms with Crippen molar-refractivity contribution < 1.29 is 0 Å². The Kier molecular flexibility index (Phi) is 2.46. The SMILES string of the molecule is C=C(CC)CNCC1(C2CC2)CC1. The molecule has 2 aliphatic carbocycles. The molecule has 0 radical (unpaired) electrons. The molecule has 13 heavy (non-hydrogen) atoms. The summed E-state index contributed by atoms with van der Waals surface area (Å²) in [6.45, 7) is 8.47. The monoisotopic (exact) mass is 179 g/mol. The summed E-state index contributed by atoms with van der Waals surface area (Å²) < 4.78 is 0. The highest BCUT2D eigenvalue weighted by Crippen LogP contribution is 2.60. The van der Waals surface area contributed by atoms with E-state index < -0.39 is 0 Å². The summed E-state index contributed by atoms with van der Waals surface area (Å²) in [6, 6.07) is 0. The first-order valence-electron chi connectivity index (χ1n) is 5.64. The van der Waals surface area contributed by atoms with E-state index in [2.05, 4.69) is 18.8 Å². The molecular formula is C12H21N. The average molecular weight is 179 g/mol. The molecule has 1 N–H and O–H groups in total. The van der Waals surface area contributed by atoms with E-state index in [1.165, 1.54) is 37.8 Å². The van der Waals surface area contributed by atoms with Gasteiger partial charge in [0.25, 0.3) is 0 Å². The predicted octanol–water partition coefficient (Wildman–Crippen LogP) is 2.73. The smallest absolute Gasteiger partial charge is 0.0162 e. The van der Waals surface area contributed by atoms with Gasteiger partial charge in [-0.3, -0.25) is 0 Å². The molecule has 2 fully saturated rings. The Morgan fingerprint density at radius 2 is 2.15 bits per heavy atom. The predicted molar refractivity (Wildman–Crippen MR) is 56.7 cm³/mol. The lowest BCUT2D eigenvalue weighted by molar-refractivity contribution is 0.411. The van der Waals surface area contributed by atoms with Crippen molar-refractivity contribution in [3.8, 4) is 0 Å². The van der Waals surface area contributed by atoms with E-state index >= 15 is 0 Å². The second-order valence-electron chi connectivity index (χ2n) is 4.84. The molecule has 2 saturated carbocycles. The van der Waals surface area contributed by atoms with E-state index in [0.717, 1.165) is 24.3 Å². The number of hydrogen-bond acceptors (Lipinski definition) is 1. The van der Waals surface area contributed by atoms with Gasteiger partial charge in [-0.1, -0.05) is 19.1 Å². The van der Waals surface area contributed by atoms with Gasteiger partial charge in [-0.2, -0.15) is 0 Å². The van der Waals surface area contributed by atoms with Crippen LogP contribution in [0.3, 0.4) is 0 Å².